The molecule has 0 aromatic heterocycles. The largest absolute Gasteiger partial charge is 0.504 e. The summed E-state index contributed by atoms with van der Waals surface area (Å²) < 4.78 is 32.2. The molecule has 0 spiro atoms. The average molecular weight is 814 g/mol. The van der Waals surface area contributed by atoms with Gasteiger partial charge in [-0.15, -0.1) is 11.8 Å². The predicted octanol–water partition coefficient (Wildman–Crippen LogP) is 5.17. The molecule has 2 unspecified atom stereocenters. The number of amides is 1. The van der Waals surface area contributed by atoms with Crippen LogP contribution in [0.15, 0.2) is 12.1 Å². The van der Waals surface area contributed by atoms with Gasteiger partial charge in [0.05, 0.1) is 30.5 Å². The number of thioether (sulfide) groups is 1. The van der Waals surface area contributed by atoms with Gasteiger partial charge in [0.25, 0.3) is 0 Å². The molecule has 2 aromatic carbocycles. The Morgan fingerprint density at radius 2 is 1.89 bits per heavy atom. The normalized spacial score (nSPS) is 28.0. The van der Waals surface area contributed by atoms with Crippen LogP contribution in [0.2, 0.25) is 0 Å². The number of esters is 2. The number of nitrogens with zero attached hydrogens (tertiary/aromatic N) is 3. The van der Waals surface area contributed by atoms with Crippen molar-refractivity contribution >= 4 is 64.6 Å². The van der Waals surface area contributed by atoms with Crippen molar-refractivity contribution in [2.75, 3.05) is 39.4 Å². The summed E-state index contributed by atoms with van der Waals surface area (Å²) in [7, 11) is 1.49. The lowest BCUT2D eigenvalue weighted by molar-refractivity contribution is -0.148. The van der Waals surface area contributed by atoms with E-state index < -0.39 is 63.9 Å². The first-order valence-corrected chi connectivity index (χ1v) is 18.9. The molecule has 4 heterocycles. The minimum Gasteiger partial charge on any atom is -0.504 e. The number of aromatic hydroxyl groups is 1. The average Bonchev–Trinajstić information content (AvgIpc) is 3.73. The van der Waals surface area contributed by atoms with Crippen LogP contribution in [-0.4, -0.2) is 106 Å². The number of alkyl halides is 3. The second kappa shape index (κ2) is 15.3. The van der Waals surface area contributed by atoms with Gasteiger partial charge in [0.2, 0.25) is 10.6 Å². The quantitative estimate of drug-likeness (QED) is 0.170. The van der Waals surface area contributed by atoms with Crippen molar-refractivity contribution < 1.29 is 47.9 Å². The summed E-state index contributed by atoms with van der Waals surface area (Å²) in [5.74, 6) is -0.0655. The summed E-state index contributed by atoms with van der Waals surface area (Å²) in [6.07, 6.45) is -1.01. The molecule has 2 aromatic rings. The summed E-state index contributed by atoms with van der Waals surface area (Å²) in [5, 5.41) is 24.5. The number of fused-ring (bicyclic) bond motifs is 3. The van der Waals surface area contributed by atoms with E-state index in [0.717, 1.165) is 11.1 Å². The van der Waals surface area contributed by atoms with Crippen molar-refractivity contribution in [2.45, 2.75) is 79.9 Å². The maximum atomic E-state index is 13.6. The van der Waals surface area contributed by atoms with Gasteiger partial charge in [0.1, 0.15) is 31.0 Å². The molecule has 8 atom stereocenters. The molecule has 3 fully saturated rings. The van der Waals surface area contributed by atoms with E-state index in [4.69, 9.17) is 63.2 Å². The van der Waals surface area contributed by atoms with Crippen molar-refractivity contribution in [1.82, 2.24) is 15.1 Å². The van der Waals surface area contributed by atoms with Crippen LogP contribution in [0.3, 0.4) is 0 Å². The number of benzene rings is 2. The van der Waals surface area contributed by atoms with Gasteiger partial charge in [0, 0.05) is 48.0 Å². The van der Waals surface area contributed by atoms with Crippen molar-refractivity contribution in [1.29, 1.82) is 5.26 Å². The van der Waals surface area contributed by atoms with E-state index in [1.807, 2.05) is 31.7 Å². The number of cyclic esters (lactones) is 1. The third-order valence-electron chi connectivity index (χ3n) is 9.82. The number of carbonyl (C=O) groups is 3. The number of methoxy groups -OCH3 is 1. The molecule has 6 rings (SSSR count). The first kappa shape index (κ1) is 39.2. The van der Waals surface area contributed by atoms with E-state index in [2.05, 4.69) is 16.3 Å². The fraction of sp³-hybridized carbons (Fsp3) is 0.543. The van der Waals surface area contributed by atoms with Crippen LogP contribution in [0.5, 0.6) is 28.7 Å². The minimum absolute atomic E-state index is 0.0331. The summed E-state index contributed by atoms with van der Waals surface area (Å²) in [6, 6.07) is 2.33. The molecule has 4 aliphatic heterocycles. The van der Waals surface area contributed by atoms with Crippen molar-refractivity contribution in [3.63, 3.8) is 0 Å². The molecule has 0 radical (unpaired) electrons. The maximum Gasteiger partial charge on any atom is 0.408 e. The highest BCUT2D eigenvalue weighted by Gasteiger charge is 2.61. The van der Waals surface area contributed by atoms with Crippen molar-refractivity contribution in [3.8, 4) is 34.8 Å². The minimum atomic E-state index is -1.89. The van der Waals surface area contributed by atoms with Gasteiger partial charge in [-0.3, -0.25) is 14.6 Å². The van der Waals surface area contributed by atoms with E-state index in [9.17, 15) is 24.8 Å². The van der Waals surface area contributed by atoms with Crippen LogP contribution in [-0.2, 0) is 19.1 Å². The number of nitrogens with one attached hydrogen (secondary N) is 1. The number of halogens is 3. The SMILES string of the molecule is COc1c(C)cc(C)c([C@@H]2C3[C@H](c4cc5c(c(C)c4OC(C)=O)OCO5)SC[C@H](NC(=O)OCC(Cl)(Cl)Cl)C(=O)OC[C@@H](C)N3[C@@H](C#N)[C@@H]3CN23)c1O. The number of piperazine rings is 1. The van der Waals surface area contributed by atoms with Crippen LogP contribution < -0.4 is 24.3 Å². The molecule has 14 nitrogen and oxygen atoms in total. The standard InChI is InChI=1S/C35H39Cl3N4O10S/c1-15-7-16(2)29(47-6)28(44)25(15)26-27-32(20-8-24-31(51-14-50-24)18(4)30(20)52-19(5)43)53-12-21(40-34(46)49-13-35(36,37)38)33(45)48-11-17(3)42(27)22(9-39)23-10-41(23)26/h7-8,17,21-23,26-27,32,44H,10-14H2,1-6H3,(H,40,46)/t17-,21+,22+,23+,26-,27?,32+,41?/m1/s1. The van der Waals surface area contributed by atoms with Gasteiger partial charge in [-0.25, -0.2) is 9.59 Å². The molecule has 286 valence electrons. The number of ether oxygens (including phenoxy) is 6. The second-order valence-corrected chi connectivity index (χ2v) is 17.1. The fourth-order valence-electron chi connectivity index (χ4n) is 7.65. The molecule has 0 aliphatic carbocycles. The number of aryl methyl sites for hydroxylation is 2. The van der Waals surface area contributed by atoms with Crippen LogP contribution >= 0.6 is 46.6 Å². The number of rotatable bonds is 6. The lowest BCUT2D eigenvalue weighted by Gasteiger charge is -2.51. The van der Waals surface area contributed by atoms with Crippen molar-refractivity contribution in [3.05, 3.63) is 39.9 Å². The first-order valence-electron chi connectivity index (χ1n) is 16.8. The summed E-state index contributed by atoms with van der Waals surface area (Å²) in [6.45, 7) is 8.41. The molecule has 1 amide bonds. The first-order chi connectivity index (χ1) is 25.1. The molecular weight excluding hydrogens is 775 g/mol. The third kappa shape index (κ3) is 7.72. The monoisotopic (exact) mass is 812 g/mol. The van der Waals surface area contributed by atoms with Crippen LogP contribution in [0, 0.1) is 32.1 Å². The number of hydrogen-bond donors (Lipinski definition) is 2. The van der Waals surface area contributed by atoms with Crippen LogP contribution in [0.25, 0.3) is 0 Å². The molecule has 18 heteroatoms. The van der Waals surface area contributed by atoms with Gasteiger partial charge < -0.3 is 38.8 Å². The van der Waals surface area contributed by atoms with Crippen molar-refractivity contribution in [2.24, 2.45) is 0 Å². The van der Waals surface area contributed by atoms with Crippen LogP contribution in [0.1, 0.15) is 53.0 Å². The highest BCUT2D eigenvalue weighted by Crippen LogP contribution is 2.58. The number of nitriles is 1. The Morgan fingerprint density at radius 3 is 2.55 bits per heavy atom. The molecule has 53 heavy (non-hydrogen) atoms. The Labute approximate surface area is 325 Å². The number of phenolic OH excluding ortho intramolecular Hbond substituents is 1. The van der Waals surface area contributed by atoms with Gasteiger partial charge in [-0.1, -0.05) is 40.9 Å². The zero-order valence-electron chi connectivity index (χ0n) is 29.7. The summed E-state index contributed by atoms with van der Waals surface area (Å²) >= 11 is 18.6. The molecule has 2 N–H and O–H groups in total. The zero-order valence-corrected chi connectivity index (χ0v) is 32.8. The molecule has 0 saturated carbocycles. The Bertz CT molecular complexity index is 1860. The lowest BCUT2D eigenvalue weighted by Crippen LogP contribution is -2.61. The smallest absolute Gasteiger partial charge is 0.408 e. The highest BCUT2D eigenvalue weighted by molar-refractivity contribution is 7.99. The van der Waals surface area contributed by atoms with E-state index in [0.29, 0.717) is 40.5 Å². The second-order valence-electron chi connectivity index (χ2n) is 13.4. The maximum absolute atomic E-state index is 13.6. The Hall–Kier alpha value is -3.52. The van der Waals surface area contributed by atoms with Crippen LogP contribution in [0.4, 0.5) is 4.79 Å². The van der Waals surface area contributed by atoms with Gasteiger partial charge in [0.15, 0.2) is 23.0 Å². The van der Waals surface area contributed by atoms with Gasteiger partial charge in [-0.2, -0.15) is 5.26 Å². The van der Waals surface area contributed by atoms with Gasteiger partial charge >= 0.3 is 18.0 Å². The van der Waals surface area contributed by atoms with E-state index in [1.165, 1.54) is 25.8 Å². The van der Waals surface area contributed by atoms with E-state index in [-0.39, 0.29) is 36.7 Å². The Kier molecular flexibility index (Phi) is 11.3. The van der Waals surface area contributed by atoms with E-state index >= 15 is 0 Å². The third-order valence-corrected chi connectivity index (χ3v) is 11.6. The highest BCUT2D eigenvalue weighted by atomic mass is 35.6. The predicted molar refractivity (Wildman–Crippen MR) is 195 cm³/mol. The fourth-order valence-corrected chi connectivity index (χ4v) is 9.28. The number of carbonyl (C=O) groups excluding carboxylic acids is 3. The Morgan fingerprint density at radius 1 is 1.15 bits per heavy atom. The Balaban J connectivity index is 1.56. The lowest BCUT2D eigenvalue weighted by atomic mass is 9.84. The summed E-state index contributed by atoms with van der Waals surface area (Å²) in [5.41, 5.74) is 3.16. The number of phenols is 1. The van der Waals surface area contributed by atoms with E-state index in [1.54, 1.807) is 13.0 Å². The molecular formula is C35H39Cl3N4O10S. The molecule has 0 bridgehead atoms. The summed E-state index contributed by atoms with van der Waals surface area (Å²) in [4.78, 5) is 43.4. The molecule has 4 aliphatic rings. The number of hydrogen-bond acceptors (Lipinski definition) is 14. The molecule has 3 saturated heterocycles. The number of alkyl carbamates (subject to hydrolysis) is 1. The van der Waals surface area contributed by atoms with Gasteiger partial charge in [-0.05, 0) is 44.9 Å². The topological polar surface area (TPSA) is 169 Å². The zero-order chi connectivity index (χ0) is 38.5.